The van der Waals surface area contributed by atoms with Gasteiger partial charge in [-0.3, -0.25) is 4.79 Å². The maximum Gasteiger partial charge on any atom is 0.327 e. The highest BCUT2D eigenvalue weighted by Gasteiger charge is 2.41. The minimum atomic E-state index is -0.940. The van der Waals surface area contributed by atoms with Gasteiger partial charge >= 0.3 is 6.03 Å². The van der Waals surface area contributed by atoms with Crippen LogP contribution in [-0.2, 0) is 11.2 Å². The van der Waals surface area contributed by atoms with E-state index in [0.29, 0.717) is 42.3 Å². The fourth-order valence-corrected chi connectivity index (χ4v) is 3.60. The topological polar surface area (TPSA) is 69.6 Å². The molecule has 1 fully saturated rings. The first-order valence-corrected chi connectivity index (χ1v) is 9.05. The Bertz CT molecular complexity index is 933. The van der Waals surface area contributed by atoms with Crippen molar-refractivity contribution in [3.63, 3.8) is 0 Å². The molecule has 2 aliphatic heterocycles. The number of carbonyl (C=O) groups excluding carboxylic acids is 2. The zero-order chi connectivity index (χ0) is 19.8. The van der Waals surface area contributed by atoms with Gasteiger partial charge in [-0.25, -0.2) is 28.4 Å². The van der Waals surface area contributed by atoms with Gasteiger partial charge in [0.15, 0.2) is 29.9 Å². The summed E-state index contributed by atoms with van der Waals surface area (Å²) in [6.45, 7) is 1.29. The summed E-state index contributed by atoms with van der Waals surface area (Å²) < 4.78 is 26.6. The molecule has 28 heavy (non-hydrogen) atoms. The number of benzene rings is 1. The summed E-state index contributed by atoms with van der Waals surface area (Å²) >= 11 is 0. The van der Waals surface area contributed by atoms with Crippen LogP contribution in [0.4, 0.5) is 25.1 Å². The maximum atomic E-state index is 13.5. The molecule has 1 atom stereocenters. The number of amides is 2. The van der Waals surface area contributed by atoms with E-state index in [4.69, 9.17) is 0 Å². The Morgan fingerprint density at radius 1 is 1.25 bits per heavy atom. The highest BCUT2D eigenvalue weighted by atomic mass is 19.2. The second-order valence-electron chi connectivity index (χ2n) is 6.93. The number of urea groups is 1. The average molecular weight is 387 g/mol. The number of halogens is 2. The van der Waals surface area contributed by atoms with Crippen molar-refractivity contribution >= 4 is 23.8 Å². The second kappa shape index (κ2) is 7.14. The van der Waals surface area contributed by atoms with E-state index in [1.54, 1.807) is 23.0 Å². The molecular formula is C19H19F2N5O2. The van der Waals surface area contributed by atoms with Crippen LogP contribution in [0.1, 0.15) is 24.2 Å². The Morgan fingerprint density at radius 2 is 2.00 bits per heavy atom. The summed E-state index contributed by atoms with van der Waals surface area (Å²) in [6, 6.07) is 3.34. The first-order valence-electron chi connectivity index (χ1n) is 9.05. The van der Waals surface area contributed by atoms with Crippen LogP contribution in [0, 0.1) is 11.6 Å². The normalized spacial score (nSPS) is 18.5. The summed E-state index contributed by atoms with van der Waals surface area (Å²) in [4.78, 5) is 38.2. The van der Waals surface area contributed by atoms with Gasteiger partial charge in [0.25, 0.3) is 0 Å². The van der Waals surface area contributed by atoms with E-state index in [-0.39, 0.29) is 12.5 Å². The lowest BCUT2D eigenvalue weighted by Gasteiger charge is -2.28. The van der Waals surface area contributed by atoms with E-state index in [1.807, 2.05) is 0 Å². The van der Waals surface area contributed by atoms with Crippen LogP contribution in [0.3, 0.4) is 0 Å². The summed E-state index contributed by atoms with van der Waals surface area (Å²) in [7, 11) is 1.70. The lowest BCUT2D eigenvalue weighted by molar-refractivity contribution is -0.108. The molecule has 1 aromatic heterocycles. The SMILES string of the molecule is CN1c2cnc(Cc3ccc(F)c(F)c3)nc2N(C(=O)N2CCCC2)C1C=O. The third-order valence-corrected chi connectivity index (χ3v) is 5.12. The lowest BCUT2D eigenvalue weighted by Crippen LogP contribution is -2.51. The fraction of sp³-hybridized carbons (Fsp3) is 0.368. The predicted octanol–water partition coefficient (Wildman–Crippen LogP) is 2.34. The molecule has 0 radical (unpaired) electrons. The monoisotopic (exact) mass is 387 g/mol. The molecule has 0 bridgehead atoms. The van der Waals surface area contributed by atoms with Crippen molar-refractivity contribution in [1.29, 1.82) is 0 Å². The highest BCUT2D eigenvalue weighted by molar-refractivity contribution is 6.02. The molecule has 2 aromatic rings. The van der Waals surface area contributed by atoms with Gasteiger partial charge < -0.3 is 9.80 Å². The number of hydrogen-bond acceptors (Lipinski definition) is 5. The minimum Gasteiger partial charge on any atom is -0.344 e. The zero-order valence-electron chi connectivity index (χ0n) is 15.3. The molecule has 7 nitrogen and oxygen atoms in total. The third-order valence-electron chi connectivity index (χ3n) is 5.12. The van der Waals surface area contributed by atoms with E-state index >= 15 is 0 Å². The molecule has 9 heteroatoms. The Morgan fingerprint density at radius 3 is 2.68 bits per heavy atom. The Labute approximate surface area is 160 Å². The summed E-state index contributed by atoms with van der Waals surface area (Å²) in [5, 5.41) is 0. The van der Waals surface area contributed by atoms with Crippen molar-refractivity contribution < 1.29 is 18.4 Å². The van der Waals surface area contributed by atoms with Crippen molar-refractivity contribution in [2.75, 3.05) is 29.9 Å². The molecular weight excluding hydrogens is 368 g/mol. The second-order valence-corrected chi connectivity index (χ2v) is 6.93. The van der Waals surface area contributed by atoms with Crippen LogP contribution in [0.25, 0.3) is 0 Å². The number of anilines is 2. The van der Waals surface area contributed by atoms with E-state index in [2.05, 4.69) is 9.97 Å². The molecule has 0 aliphatic carbocycles. The zero-order valence-corrected chi connectivity index (χ0v) is 15.3. The minimum absolute atomic E-state index is 0.172. The van der Waals surface area contributed by atoms with Crippen LogP contribution in [0.5, 0.6) is 0 Å². The van der Waals surface area contributed by atoms with Crippen LogP contribution < -0.4 is 9.80 Å². The molecule has 1 unspecified atom stereocenters. The maximum absolute atomic E-state index is 13.5. The molecule has 146 valence electrons. The molecule has 2 aliphatic rings. The average Bonchev–Trinajstić information content (AvgIpc) is 3.31. The summed E-state index contributed by atoms with van der Waals surface area (Å²) in [5.74, 6) is -1.16. The van der Waals surface area contributed by atoms with Gasteiger partial charge in [0, 0.05) is 26.6 Å². The number of aldehydes is 1. The van der Waals surface area contributed by atoms with E-state index in [9.17, 15) is 18.4 Å². The Kier molecular flexibility index (Phi) is 4.66. The largest absolute Gasteiger partial charge is 0.344 e. The summed E-state index contributed by atoms with van der Waals surface area (Å²) in [6.07, 6.45) is 3.48. The first kappa shape index (κ1) is 18.3. The van der Waals surface area contributed by atoms with Crippen molar-refractivity contribution in [2.24, 2.45) is 0 Å². The number of nitrogens with zero attached hydrogens (tertiary/aromatic N) is 5. The number of hydrogen-bond donors (Lipinski definition) is 0. The van der Waals surface area contributed by atoms with E-state index in [1.165, 1.54) is 11.0 Å². The van der Waals surface area contributed by atoms with E-state index in [0.717, 1.165) is 25.0 Å². The van der Waals surface area contributed by atoms with Crippen molar-refractivity contribution in [2.45, 2.75) is 25.4 Å². The number of likely N-dealkylation sites (tertiary alicyclic amines) is 1. The smallest absolute Gasteiger partial charge is 0.327 e. The number of likely N-dealkylation sites (N-methyl/N-ethyl adjacent to an activating group) is 1. The number of aromatic nitrogens is 2. The van der Waals surface area contributed by atoms with Gasteiger partial charge in [-0.15, -0.1) is 0 Å². The van der Waals surface area contributed by atoms with Gasteiger partial charge in [0.1, 0.15) is 11.5 Å². The first-order chi connectivity index (χ1) is 13.5. The van der Waals surface area contributed by atoms with Gasteiger partial charge in [-0.1, -0.05) is 6.07 Å². The molecule has 1 aromatic carbocycles. The van der Waals surface area contributed by atoms with Crippen LogP contribution in [0.15, 0.2) is 24.4 Å². The fourth-order valence-electron chi connectivity index (χ4n) is 3.60. The molecule has 3 heterocycles. The van der Waals surface area contributed by atoms with Crippen molar-refractivity contribution in [3.8, 4) is 0 Å². The lowest BCUT2D eigenvalue weighted by atomic mass is 10.1. The third kappa shape index (κ3) is 3.06. The Balaban J connectivity index is 1.67. The standard InChI is InChI=1S/C19H19F2N5O2/c1-24-15-10-22-16(9-12-4-5-13(20)14(21)8-12)23-18(15)26(17(24)11-27)19(28)25-6-2-3-7-25/h4-5,8,10-11,17H,2-3,6-7,9H2,1H3. The van der Waals surface area contributed by atoms with Crippen molar-refractivity contribution in [3.05, 3.63) is 47.4 Å². The molecule has 2 amide bonds. The van der Waals surface area contributed by atoms with Crippen LogP contribution in [-0.4, -0.2) is 53.5 Å². The quantitative estimate of drug-likeness (QED) is 0.757. The summed E-state index contributed by atoms with van der Waals surface area (Å²) in [5.41, 5.74) is 1.08. The number of rotatable bonds is 3. The molecule has 0 saturated carbocycles. The van der Waals surface area contributed by atoms with Gasteiger partial charge in [-0.2, -0.15) is 0 Å². The van der Waals surface area contributed by atoms with Crippen LogP contribution in [0.2, 0.25) is 0 Å². The molecule has 0 spiro atoms. The number of fused-ring (bicyclic) bond motifs is 1. The molecule has 4 rings (SSSR count). The predicted molar refractivity (Wildman–Crippen MR) is 98.1 cm³/mol. The molecule has 0 N–H and O–H groups in total. The van der Waals surface area contributed by atoms with Crippen LogP contribution >= 0.6 is 0 Å². The molecule has 1 saturated heterocycles. The van der Waals surface area contributed by atoms with Gasteiger partial charge in [-0.05, 0) is 30.5 Å². The number of carbonyl (C=O) groups is 2. The van der Waals surface area contributed by atoms with Crippen molar-refractivity contribution in [1.82, 2.24) is 14.9 Å². The van der Waals surface area contributed by atoms with E-state index < -0.39 is 17.8 Å². The van der Waals surface area contributed by atoms with Gasteiger partial charge in [0.05, 0.1) is 6.20 Å². The highest BCUT2D eigenvalue weighted by Crippen LogP contribution is 2.37. The van der Waals surface area contributed by atoms with Gasteiger partial charge in [0.2, 0.25) is 0 Å². The Hall–Kier alpha value is -3.10.